The zero-order valence-corrected chi connectivity index (χ0v) is 44.8. The number of aliphatic hydroxyl groups is 1. The first-order chi connectivity index (χ1) is 37.0. The number of carbonyl (C=O) groups is 1. The predicted octanol–water partition coefficient (Wildman–Crippen LogP) is 9.45. The van der Waals surface area contributed by atoms with E-state index in [2.05, 4.69) is 94.9 Å². The number of hydrogen-bond donors (Lipinski definition) is 5. The van der Waals surface area contributed by atoms with Gasteiger partial charge in [-0.2, -0.15) is 0 Å². The highest BCUT2D eigenvalue weighted by Crippen LogP contribution is 2.53. The van der Waals surface area contributed by atoms with Crippen LogP contribution in [0.25, 0.3) is 22.1 Å². The third-order valence-corrected chi connectivity index (χ3v) is 18.2. The molecule has 1 amide bonds. The standard InChI is InChI=1S/C57H67N11O8S/c1-36(2)43-7-5-6-8-44(43)47-34-65(33-38-9-11-41(75-4)12-10-38)23-24-67(47)40-28-57(29-40)18-21-66(22-19-57)50-27-48(76-42-25-39-15-20-58-54(39)61-31-42)45(32-59-50)55(69)64-77(73,74)49-26-46(68(71)72)51(53-52(49)62-35-63-53)60-30-37-13-16-56(3,70)17-14-37/h5-12,15,20,25-27,31-32,35-37,40,47,60,70H,13-14,16-19,21-24,28-30,33-34H2,1-4H3,(H,58,61)(H,62,63)(H,64,69)/t37-,47?,56-. The third-order valence-electron chi connectivity index (χ3n) is 16.8. The van der Waals surface area contributed by atoms with Crippen LogP contribution < -0.4 is 24.4 Å². The number of fused-ring (bicyclic) bond motifs is 2. The Kier molecular flexibility index (Phi) is 14.2. The molecule has 7 aromatic rings. The Hall–Kier alpha value is -7.13. The lowest BCUT2D eigenvalue weighted by molar-refractivity contribution is -0.384. The number of aromatic amines is 2. The van der Waals surface area contributed by atoms with E-state index < -0.39 is 37.0 Å². The number of methoxy groups -OCH3 is 1. The minimum Gasteiger partial charge on any atom is -0.497 e. The summed E-state index contributed by atoms with van der Waals surface area (Å²) in [6, 6.07) is 24.3. The van der Waals surface area contributed by atoms with Crippen LogP contribution in [0.1, 0.15) is 111 Å². The first-order valence-electron chi connectivity index (χ1n) is 26.8. The van der Waals surface area contributed by atoms with Crippen molar-refractivity contribution >= 4 is 55.2 Å². The molecule has 2 saturated heterocycles. The summed E-state index contributed by atoms with van der Waals surface area (Å²) >= 11 is 0. The van der Waals surface area contributed by atoms with Crippen LogP contribution in [-0.4, -0.2) is 117 Å². The van der Waals surface area contributed by atoms with Crippen LogP contribution in [0.4, 0.5) is 17.2 Å². The molecule has 2 saturated carbocycles. The molecule has 1 atom stereocenters. The first-order valence-corrected chi connectivity index (χ1v) is 28.3. The number of nitrogens with one attached hydrogen (secondary N) is 4. The summed E-state index contributed by atoms with van der Waals surface area (Å²) in [4.78, 5) is 52.6. The quantitative estimate of drug-likeness (QED) is 0.0448. The first kappa shape index (κ1) is 51.9. The Bertz CT molecular complexity index is 3410. The number of nitro benzene ring substituents is 1. The number of piperazine rings is 1. The van der Waals surface area contributed by atoms with Gasteiger partial charge in [-0.3, -0.25) is 24.7 Å². The number of aromatic nitrogens is 5. The van der Waals surface area contributed by atoms with E-state index in [4.69, 9.17) is 14.5 Å². The van der Waals surface area contributed by atoms with Crippen LogP contribution in [0.5, 0.6) is 17.2 Å². The minimum atomic E-state index is -4.79. The predicted molar refractivity (Wildman–Crippen MR) is 294 cm³/mol. The number of ether oxygens (including phenoxy) is 2. The van der Waals surface area contributed by atoms with Crippen molar-refractivity contribution < 1.29 is 32.7 Å². The smallest absolute Gasteiger partial charge is 0.296 e. The van der Waals surface area contributed by atoms with Crippen LogP contribution in [0, 0.1) is 21.4 Å². The molecule has 6 heterocycles. The monoisotopic (exact) mass is 1070 g/mol. The number of amides is 1. The van der Waals surface area contributed by atoms with Gasteiger partial charge in [0.25, 0.3) is 21.6 Å². The summed E-state index contributed by atoms with van der Waals surface area (Å²) in [5, 5.41) is 26.9. The van der Waals surface area contributed by atoms with Crippen molar-refractivity contribution in [2.45, 2.75) is 107 Å². The molecule has 0 radical (unpaired) electrons. The minimum absolute atomic E-state index is 0.0573. The van der Waals surface area contributed by atoms with Gasteiger partial charge in [-0.25, -0.2) is 28.1 Å². The van der Waals surface area contributed by atoms with Crippen molar-refractivity contribution in [3.8, 4) is 17.2 Å². The zero-order chi connectivity index (χ0) is 53.6. The Balaban J connectivity index is 0.804. The van der Waals surface area contributed by atoms with Gasteiger partial charge in [0.15, 0.2) is 0 Å². The molecule has 4 aliphatic rings. The van der Waals surface area contributed by atoms with Gasteiger partial charge >= 0.3 is 0 Å². The zero-order valence-electron chi connectivity index (χ0n) is 44.0. The molecule has 11 rings (SSSR count). The maximum absolute atomic E-state index is 14.3. The normalized spacial score (nSPS) is 21.4. The molecule has 20 heteroatoms. The molecule has 4 aromatic heterocycles. The molecule has 404 valence electrons. The fourth-order valence-electron chi connectivity index (χ4n) is 12.4. The number of rotatable bonds is 16. The van der Waals surface area contributed by atoms with Gasteiger partial charge < -0.3 is 34.8 Å². The average molecular weight is 1070 g/mol. The highest BCUT2D eigenvalue weighted by Gasteiger charge is 2.50. The van der Waals surface area contributed by atoms with Gasteiger partial charge in [-0.15, -0.1) is 0 Å². The second-order valence-electron chi connectivity index (χ2n) is 22.3. The number of piperidine rings is 1. The van der Waals surface area contributed by atoms with Crippen molar-refractivity contribution in [2.75, 3.05) is 56.6 Å². The van der Waals surface area contributed by atoms with E-state index in [1.165, 1.54) is 35.4 Å². The summed E-state index contributed by atoms with van der Waals surface area (Å²) in [6.07, 6.45) is 12.6. The van der Waals surface area contributed by atoms with Crippen molar-refractivity contribution in [1.82, 2.24) is 39.4 Å². The highest BCUT2D eigenvalue weighted by molar-refractivity contribution is 7.90. The maximum atomic E-state index is 14.3. The molecule has 1 unspecified atom stereocenters. The van der Waals surface area contributed by atoms with E-state index in [1.807, 2.05) is 18.2 Å². The summed E-state index contributed by atoms with van der Waals surface area (Å²) in [5.41, 5.74) is 3.62. The lowest BCUT2D eigenvalue weighted by Gasteiger charge is -2.58. The summed E-state index contributed by atoms with van der Waals surface area (Å²) < 4.78 is 42.5. The maximum Gasteiger partial charge on any atom is 0.296 e. The molecule has 1 spiro atoms. The Morgan fingerprint density at radius 3 is 2.44 bits per heavy atom. The van der Waals surface area contributed by atoms with Gasteiger partial charge in [0.2, 0.25) is 0 Å². The highest BCUT2D eigenvalue weighted by atomic mass is 32.2. The third kappa shape index (κ3) is 10.8. The molecule has 2 aliphatic heterocycles. The molecule has 5 N–H and O–H groups in total. The number of carbonyl (C=O) groups excluding carboxylic acids is 1. The Morgan fingerprint density at radius 1 is 0.935 bits per heavy atom. The van der Waals surface area contributed by atoms with E-state index in [0.717, 1.165) is 95.0 Å². The van der Waals surface area contributed by atoms with Gasteiger partial charge in [0.05, 0.1) is 35.7 Å². The number of nitro groups is 1. The van der Waals surface area contributed by atoms with Crippen LogP contribution in [0.15, 0.2) is 103 Å². The number of pyridine rings is 2. The number of imidazole rings is 1. The fourth-order valence-corrected chi connectivity index (χ4v) is 13.5. The van der Waals surface area contributed by atoms with Crippen molar-refractivity contribution in [3.63, 3.8) is 0 Å². The molecule has 2 aliphatic carbocycles. The van der Waals surface area contributed by atoms with Gasteiger partial charge in [0, 0.05) is 87.8 Å². The van der Waals surface area contributed by atoms with E-state index in [-0.39, 0.29) is 45.4 Å². The molecular formula is C57H67N11O8S. The van der Waals surface area contributed by atoms with E-state index in [1.54, 1.807) is 32.4 Å². The number of hydrogen-bond acceptors (Lipinski definition) is 15. The molecule has 3 aromatic carbocycles. The van der Waals surface area contributed by atoms with Crippen LogP contribution in [0.3, 0.4) is 0 Å². The van der Waals surface area contributed by atoms with Gasteiger partial charge in [-0.05, 0) is 116 Å². The summed E-state index contributed by atoms with van der Waals surface area (Å²) in [6.45, 7) is 12.0. The van der Waals surface area contributed by atoms with Crippen molar-refractivity contribution in [1.29, 1.82) is 0 Å². The Labute approximate surface area is 448 Å². The molecular weight excluding hydrogens is 999 g/mol. The van der Waals surface area contributed by atoms with Crippen LogP contribution >= 0.6 is 0 Å². The molecule has 0 bridgehead atoms. The van der Waals surface area contributed by atoms with E-state index in [9.17, 15) is 28.4 Å². The van der Waals surface area contributed by atoms with Gasteiger partial charge in [0.1, 0.15) is 50.4 Å². The second-order valence-corrected chi connectivity index (χ2v) is 24.0. The Morgan fingerprint density at radius 2 is 1.70 bits per heavy atom. The number of anilines is 2. The lowest BCUT2D eigenvalue weighted by atomic mass is 9.59. The SMILES string of the molecule is COc1ccc(CN2CCN(C3CC4(CCN(c5cc(Oc6cnc7[nH]ccc7c6)c(C(=O)NS(=O)(=O)c6cc([N+](=O)[O-])c(NC[C@H]7CC[C@](C)(O)CC7)c7[nH]cnc67)cn5)CC4)C3)C(c3ccccc3C(C)C)C2)cc1. The van der Waals surface area contributed by atoms with Crippen LogP contribution in [-0.2, 0) is 16.6 Å². The molecule has 19 nitrogen and oxygen atoms in total. The number of H-pyrrole nitrogens is 2. The van der Waals surface area contributed by atoms with E-state index >= 15 is 0 Å². The number of sulfonamides is 1. The number of nitrogens with zero attached hydrogens (tertiary/aromatic N) is 7. The summed E-state index contributed by atoms with van der Waals surface area (Å²) in [5.74, 6) is 1.30. The molecule has 77 heavy (non-hydrogen) atoms. The van der Waals surface area contributed by atoms with Crippen LogP contribution in [0.2, 0.25) is 0 Å². The van der Waals surface area contributed by atoms with Gasteiger partial charge in [-0.1, -0.05) is 50.2 Å². The lowest BCUT2D eigenvalue weighted by Crippen LogP contribution is -2.60. The van der Waals surface area contributed by atoms with Crippen molar-refractivity contribution in [3.05, 3.63) is 130 Å². The second kappa shape index (κ2) is 21.0. The topological polar surface area (TPSA) is 237 Å². The number of benzene rings is 3. The van der Waals surface area contributed by atoms with Crippen molar-refractivity contribution in [2.24, 2.45) is 11.3 Å². The fraction of sp³-hybridized carbons (Fsp3) is 0.439. The largest absolute Gasteiger partial charge is 0.497 e. The molecule has 4 fully saturated rings. The van der Waals surface area contributed by atoms with E-state index in [0.29, 0.717) is 48.6 Å². The average Bonchev–Trinajstić information content (AvgIpc) is 4.19. The summed E-state index contributed by atoms with van der Waals surface area (Å²) in [7, 11) is -3.10.